The minimum Gasteiger partial charge on any atom is -0.494 e. The van der Waals surface area contributed by atoms with Gasteiger partial charge in [0, 0.05) is 5.69 Å². The largest absolute Gasteiger partial charge is 0.494 e. The molecule has 5 heteroatoms. The molecule has 0 aliphatic rings. The van der Waals surface area contributed by atoms with Crippen LogP contribution in [0.1, 0.15) is 6.42 Å². The van der Waals surface area contributed by atoms with E-state index in [1.165, 1.54) is 0 Å². The van der Waals surface area contributed by atoms with Crippen molar-refractivity contribution in [3.05, 3.63) is 24.3 Å². The number of nitrogens with two attached hydrogens (primary N) is 1. The molecule has 0 radical (unpaired) electrons. The summed E-state index contributed by atoms with van der Waals surface area (Å²) in [5.74, 6) is 2.64. The SMILES string of the molecule is C#CCS(=O)(=O)CCCOc1ccc(N)cc1. The smallest absolute Gasteiger partial charge is 0.161 e. The molecule has 0 heterocycles. The van der Waals surface area contributed by atoms with E-state index in [4.69, 9.17) is 16.9 Å². The Balaban J connectivity index is 2.30. The predicted octanol–water partition coefficient (Wildman–Crippen LogP) is 1.09. The summed E-state index contributed by atoms with van der Waals surface area (Å²) in [7, 11) is -3.13. The molecule has 1 aromatic rings. The van der Waals surface area contributed by atoms with Crippen LogP contribution in [0.2, 0.25) is 0 Å². The molecule has 0 spiro atoms. The van der Waals surface area contributed by atoms with E-state index >= 15 is 0 Å². The van der Waals surface area contributed by atoms with Crippen molar-refractivity contribution in [3.63, 3.8) is 0 Å². The number of hydrogen-bond acceptors (Lipinski definition) is 4. The lowest BCUT2D eigenvalue weighted by Gasteiger charge is -2.06. The van der Waals surface area contributed by atoms with Gasteiger partial charge in [-0.25, -0.2) is 8.42 Å². The summed E-state index contributed by atoms with van der Waals surface area (Å²) >= 11 is 0. The molecule has 92 valence electrons. The van der Waals surface area contributed by atoms with Crippen LogP contribution in [0, 0.1) is 12.3 Å². The van der Waals surface area contributed by atoms with Gasteiger partial charge in [-0.3, -0.25) is 0 Å². The molecule has 17 heavy (non-hydrogen) atoms. The average Bonchev–Trinajstić information content (AvgIpc) is 2.27. The molecule has 0 unspecified atom stereocenters. The van der Waals surface area contributed by atoms with Gasteiger partial charge in [0.25, 0.3) is 0 Å². The summed E-state index contributed by atoms with van der Waals surface area (Å²) in [4.78, 5) is 0. The Labute approximate surface area is 102 Å². The van der Waals surface area contributed by atoms with Crippen molar-refractivity contribution in [2.45, 2.75) is 6.42 Å². The Morgan fingerprint density at radius 3 is 2.53 bits per heavy atom. The van der Waals surface area contributed by atoms with Crippen LogP contribution in [0.4, 0.5) is 5.69 Å². The van der Waals surface area contributed by atoms with Gasteiger partial charge in [0.15, 0.2) is 9.84 Å². The van der Waals surface area contributed by atoms with Gasteiger partial charge in [-0.2, -0.15) is 0 Å². The topological polar surface area (TPSA) is 69.4 Å². The highest BCUT2D eigenvalue weighted by atomic mass is 32.2. The van der Waals surface area contributed by atoms with Crippen LogP contribution in [0.3, 0.4) is 0 Å². The standard InChI is InChI=1S/C12H15NO3S/c1-2-9-17(14,15)10-3-8-16-12-6-4-11(13)5-7-12/h1,4-7H,3,8-10,13H2. The van der Waals surface area contributed by atoms with E-state index in [1.54, 1.807) is 24.3 Å². The summed E-state index contributed by atoms with van der Waals surface area (Å²) in [6.45, 7) is 0.341. The van der Waals surface area contributed by atoms with Crippen LogP contribution in [0.5, 0.6) is 5.75 Å². The van der Waals surface area contributed by atoms with Crippen molar-refractivity contribution < 1.29 is 13.2 Å². The fraction of sp³-hybridized carbons (Fsp3) is 0.333. The Bertz CT molecular complexity index is 485. The van der Waals surface area contributed by atoms with Gasteiger partial charge in [0.1, 0.15) is 11.5 Å². The van der Waals surface area contributed by atoms with Gasteiger partial charge >= 0.3 is 0 Å². The van der Waals surface area contributed by atoms with Gasteiger partial charge in [-0.1, -0.05) is 5.92 Å². The number of ether oxygens (including phenoxy) is 1. The average molecular weight is 253 g/mol. The van der Waals surface area contributed by atoms with Gasteiger partial charge in [0.2, 0.25) is 0 Å². The first-order valence-electron chi connectivity index (χ1n) is 5.16. The monoisotopic (exact) mass is 253 g/mol. The molecule has 0 bridgehead atoms. The van der Waals surface area contributed by atoms with Crippen molar-refractivity contribution in [2.24, 2.45) is 0 Å². The molecule has 0 amide bonds. The maximum atomic E-state index is 11.3. The van der Waals surface area contributed by atoms with E-state index in [-0.39, 0.29) is 11.5 Å². The van der Waals surface area contributed by atoms with E-state index in [0.29, 0.717) is 24.5 Å². The first kappa shape index (κ1) is 13.4. The second-order valence-corrected chi connectivity index (χ2v) is 5.75. The Hall–Kier alpha value is -1.67. The summed E-state index contributed by atoms with van der Waals surface area (Å²) < 4.78 is 27.9. The lowest BCUT2D eigenvalue weighted by molar-refractivity contribution is 0.318. The zero-order chi connectivity index (χ0) is 12.7. The van der Waals surface area contributed by atoms with E-state index in [9.17, 15) is 8.42 Å². The van der Waals surface area contributed by atoms with Crippen LogP contribution in [0.15, 0.2) is 24.3 Å². The number of anilines is 1. The molecule has 1 rings (SSSR count). The van der Waals surface area contributed by atoms with Crippen LogP contribution in [-0.2, 0) is 9.84 Å². The third-order valence-corrected chi connectivity index (χ3v) is 3.57. The number of benzene rings is 1. The van der Waals surface area contributed by atoms with Gasteiger partial charge in [-0.05, 0) is 30.7 Å². The number of sulfone groups is 1. The van der Waals surface area contributed by atoms with Crippen LogP contribution < -0.4 is 10.5 Å². The molecule has 0 atom stereocenters. The molecule has 0 fully saturated rings. The fourth-order valence-electron chi connectivity index (χ4n) is 1.23. The summed E-state index contributed by atoms with van der Waals surface area (Å²) in [6.07, 6.45) is 5.38. The number of nitrogen functional groups attached to an aromatic ring is 1. The summed E-state index contributed by atoms with van der Waals surface area (Å²) in [6, 6.07) is 6.94. The molecular formula is C12H15NO3S. The van der Waals surface area contributed by atoms with Crippen molar-refractivity contribution in [3.8, 4) is 18.1 Å². The third kappa shape index (κ3) is 5.27. The van der Waals surface area contributed by atoms with Crippen molar-refractivity contribution >= 4 is 15.5 Å². The highest BCUT2D eigenvalue weighted by Gasteiger charge is 2.08. The maximum absolute atomic E-state index is 11.3. The first-order chi connectivity index (χ1) is 8.03. The molecule has 0 aliphatic heterocycles. The van der Waals surface area contributed by atoms with E-state index < -0.39 is 9.84 Å². The molecule has 2 N–H and O–H groups in total. The summed E-state index contributed by atoms with van der Waals surface area (Å²) in [5.41, 5.74) is 6.18. The van der Waals surface area contributed by atoms with Crippen molar-refractivity contribution in [1.29, 1.82) is 0 Å². The normalized spacial score (nSPS) is 10.8. The van der Waals surface area contributed by atoms with Crippen LogP contribution >= 0.6 is 0 Å². The number of terminal acetylenes is 1. The molecule has 1 aromatic carbocycles. The van der Waals surface area contributed by atoms with Gasteiger partial charge in [-0.15, -0.1) is 6.42 Å². The van der Waals surface area contributed by atoms with E-state index in [1.807, 2.05) is 0 Å². The van der Waals surface area contributed by atoms with Crippen LogP contribution in [0.25, 0.3) is 0 Å². The highest BCUT2D eigenvalue weighted by molar-refractivity contribution is 7.91. The fourth-order valence-corrected chi connectivity index (χ4v) is 2.19. The molecule has 0 aliphatic carbocycles. The van der Waals surface area contributed by atoms with Crippen molar-refractivity contribution in [2.75, 3.05) is 23.8 Å². The van der Waals surface area contributed by atoms with E-state index in [0.717, 1.165) is 0 Å². The zero-order valence-corrected chi connectivity index (χ0v) is 10.2. The van der Waals surface area contributed by atoms with E-state index in [2.05, 4.69) is 5.92 Å². The predicted molar refractivity (Wildman–Crippen MR) is 68.5 cm³/mol. The Morgan fingerprint density at radius 1 is 1.29 bits per heavy atom. The maximum Gasteiger partial charge on any atom is 0.161 e. The Morgan fingerprint density at radius 2 is 1.94 bits per heavy atom. The van der Waals surface area contributed by atoms with Gasteiger partial charge in [0.05, 0.1) is 12.4 Å². The minimum absolute atomic E-state index is 0.0478. The quantitative estimate of drug-likeness (QED) is 0.468. The zero-order valence-electron chi connectivity index (χ0n) is 9.43. The highest BCUT2D eigenvalue weighted by Crippen LogP contribution is 2.13. The van der Waals surface area contributed by atoms with Crippen molar-refractivity contribution in [1.82, 2.24) is 0 Å². The minimum atomic E-state index is -3.13. The second kappa shape index (κ2) is 6.16. The molecule has 0 aromatic heterocycles. The lowest BCUT2D eigenvalue weighted by atomic mass is 10.3. The first-order valence-corrected chi connectivity index (χ1v) is 6.98. The van der Waals surface area contributed by atoms with Gasteiger partial charge < -0.3 is 10.5 Å². The molecular weight excluding hydrogens is 238 g/mol. The molecule has 0 saturated carbocycles. The second-order valence-electron chi connectivity index (χ2n) is 3.57. The lowest BCUT2D eigenvalue weighted by Crippen LogP contribution is -2.12. The molecule has 0 saturated heterocycles. The summed E-state index contributed by atoms with van der Waals surface area (Å²) in [5, 5.41) is 0. The number of hydrogen-bond donors (Lipinski definition) is 1. The Kier molecular flexibility index (Phi) is 4.85. The molecule has 4 nitrogen and oxygen atoms in total. The third-order valence-electron chi connectivity index (χ3n) is 2.05. The van der Waals surface area contributed by atoms with Crippen LogP contribution in [-0.4, -0.2) is 26.5 Å². The number of rotatable bonds is 6.